The summed E-state index contributed by atoms with van der Waals surface area (Å²) >= 11 is 0. The van der Waals surface area contributed by atoms with Gasteiger partial charge in [0.15, 0.2) is 5.69 Å². The van der Waals surface area contributed by atoms with E-state index in [0.29, 0.717) is 5.92 Å². The monoisotopic (exact) mass is 265 g/mol. The van der Waals surface area contributed by atoms with Gasteiger partial charge in [0.25, 0.3) is 0 Å². The van der Waals surface area contributed by atoms with Gasteiger partial charge in [0, 0.05) is 19.3 Å². The first-order valence-corrected chi connectivity index (χ1v) is 7.25. The molecule has 0 radical (unpaired) electrons. The number of nitrogens with zero attached hydrogens (tertiary/aromatic N) is 3. The van der Waals surface area contributed by atoms with E-state index in [1.54, 1.807) is 7.05 Å². The van der Waals surface area contributed by atoms with Crippen LogP contribution in [-0.4, -0.2) is 30.8 Å². The molecule has 1 aromatic rings. The zero-order chi connectivity index (χ0) is 13.3. The van der Waals surface area contributed by atoms with Gasteiger partial charge in [0.1, 0.15) is 11.0 Å². The van der Waals surface area contributed by atoms with Crippen LogP contribution in [0, 0.1) is 17.2 Å². The Morgan fingerprint density at radius 1 is 1.56 bits per heavy atom. The third-order valence-corrected chi connectivity index (χ3v) is 5.39. The first-order chi connectivity index (χ1) is 8.48. The quantitative estimate of drug-likeness (QED) is 0.824. The van der Waals surface area contributed by atoms with Crippen LogP contribution in [0.3, 0.4) is 0 Å². The van der Waals surface area contributed by atoms with Crippen molar-refractivity contribution >= 4 is 10.0 Å². The van der Waals surface area contributed by atoms with Crippen molar-refractivity contribution in [2.75, 3.05) is 7.05 Å². The van der Waals surface area contributed by atoms with Crippen LogP contribution in [0.2, 0.25) is 0 Å². The second-order valence-corrected chi connectivity index (χ2v) is 6.53. The van der Waals surface area contributed by atoms with E-state index in [4.69, 9.17) is 5.26 Å². The van der Waals surface area contributed by atoms with Gasteiger partial charge in [-0.3, -0.25) is 0 Å². The van der Waals surface area contributed by atoms with Crippen LogP contribution in [0.5, 0.6) is 0 Å². The van der Waals surface area contributed by atoms with E-state index >= 15 is 0 Å². The Morgan fingerprint density at radius 2 is 2.22 bits per heavy atom. The first-order valence-electron chi connectivity index (χ1n) is 5.81. The molecule has 6 heteroatoms. The van der Waals surface area contributed by atoms with Crippen molar-refractivity contribution in [3.05, 3.63) is 24.0 Å². The van der Waals surface area contributed by atoms with Crippen LogP contribution in [0.25, 0.3) is 0 Å². The third-order valence-electron chi connectivity index (χ3n) is 3.41. The van der Waals surface area contributed by atoms with Crippen molar-refractivity contribution in [2.24, 2.45) is 5.92 Å². The van der Waals surface area contributed by atoms with Crippen molar-refractivity contribution in [1.82, 2.24) is 9.29 Å². The minimum atomic E-state index is -3.64. The smallest absolute Gasteiger partial charge is 0.244 e. The molecule has 1 aliphatic carbocycles. The summed E-state index contributed by atoms with van der Waals surface area (Å²) in [6.45, 7) is 1.90. The Labute approximate surface area is 107 Å². The van der Waals surface area contributed by atoms with E-state index in [0.717, 1.165) is 12.8 Å². The normalized spacial score (nSPS) is 17.4. The minimum Gasteiger partial charge on any atom is -0.244 e. The van der Waals surface area contributed by atoms with Gasteiger partial charge in [-0.15, -0.1) is 0 Å². The molecule has 0 saturated heterocycles. The molecule has 5 nitrogen and oxygen atoms in total. The highest BCUT2D eigenvalue weighted by Gasteiger charge is 2.36. The SMILES string of the molecule is CC(C1CC1)N(C)S(=O)(=O)c1cccnc1C#N. The number of pyridine rings is 1. The fraction of sp³-hybridized carbons (Fsp3) is 0.500. The van der Waals surface area contributed by atoms with Crippen LogP contribution in [0.4, 0.5) is 0 Å². The number of nitriles is 1. The molecule has 1 heterocycles. The summed E-state index contributed by atoms with van der Waals surface area (Å²) < 4.78 is 26.2. The van der Waals surface area contributed by atoms with Gasteiger partial charge >= 0.3 is 0 Å². The number of hydrogen-bond acceptors (Lipinski definition) is 4. The molecular weight excluding hydrogens is 250 g/mol. The highest BCUT2D eigenvalue weighted by molar-refractivity contribution is 7.89. The molecule has 18 heavy (non-hydrogen) atoms. The van der Waals surface area contributed by atoms with Crippen molar-refractivity contribution in [2.45, 2.75) is 30.7 Å². The Balaban J connectivity index is 2.38. The van der Waals surface area contributed by atoms with E-state index in [9.17, 15) is 8.42 Å². The lowest BCUT2D eigenvalue weighted by Gasteiger charge is -2.24. The lowest BCUT2D eigenvalue weighted by molar-refractivity contribution is 0.357. The lowest BCUT2D eigenvalue weighted by Crippen LogP contribution is -2.36. The Hall–Kier alpha value is -1.45. The summed E-state index contributed by atoms with van der Waals surface area (Å²) in [5.74, 6) is 0.437. The van der Waals surface area contributed by atoms with Gasteiger partial charge in [-0.25, -0.2) is 13.4 Å². The molecule has 0 amide bonds. The number of rotatable bonds is 4. The van der Waals surface area contributed by atoms with Gasteiger partial charge in [-0.1, -0.05) is 0 Å². The molecule has 2 rings (SSSR count). The number of sulfonamides is 1. The van der Waals surface area contributed by atoms with Gasteiger partial charge in [-0.2, -0.15) is 9.57 Å². The molecule has 0 spiro atoms. The van der Waals surface area contributed by atoms with Crippen molar-refractivity contribution in [3.63, 3.8) is 0 Å². The van der Waals surface area contributed by atoms with E-state index in [2.05, 4.69) is 4.98 Å². The van der Waals surface area contributed by atoms with E-state index in [-0.39, 0.29) is 16.6 Å². The highest BCUT2D eigenvalue weighted by atomic mass is 32.2. The van der Waals surface area contributed by atoms with Crippen LogP contribution < -0.4 is 0 Å². The fourth-order valence-electron chi connectivity index (χ4n) is 1.93. The highest BCUT2D eigenvalue weighted by Crippen LogP contribution is 2.36. The first kappa shape index (κ1) is 13.0. The van der Waals surface area contributed by atoms with Crippen LogP contribution in [0.1, 0.15) is 25.5 Å². The molecule has 1 atom stereocenters. The molecule has 1 aromatic heterocycles. The average Bonchev–Trinajstić information content (AvgIpc) is 3.21. The molecule has 1 aliphatic rings. The van der Waals surface area contributed by atoms with Crippen molar-refractivity contribution in [3.8, 4) is 6.07 Å². The van der Waals surface area contributed by atoms with E-state index in [1.165, 1.54) is 22.6 Å². The molecule has 1 fully saturated rings. The topological polar surface area (TPSA) is 74.1 Å². The maximum absolute atomic E-state index is 12.4. The Bertz CT molecular complexity index is 588. The summed E-state index contributed by atoms with van der Waals surface area (Å²) in [4.78, 5) is 3.79. The molecular formula is C12H15N3O2S. The third kappa shape index (κ3) is 2.24. The van der Waals surface area contributed by atoms with E-state index < -0.39 is 10.0 Å². The van der Waals surface area contributed by atoms with Crippen LogP contribution >= 0.6 is 0 Å². The summed E-state index contributed by atoms with van der Waals surface area (Å²) in [7, 11) is -2.08. The Kier molecular flexibility index (Phi) is 3.37. The standard InChI is InChI=1S/C12H15N3O2S/c1-9(10-5-6-10)15(2)18(16,17)12-4-3-7-14-11(12)8-13/h3-4,7,9-10H,5-6H2,1-2H3. The fourth-order valence-corrected chi connectivity index (χ4v) is 3.45. The largest absolute Gasteiger partial charge is 0.245 e. The summed E-state index contributed by atoms with van der Waals surface area (Å²) in [6.07, 6.45) is 3.56. The maximum atomic E-state index is 12.4. The van der Waals surface area contributed by atoms with Crippen molar-refractivity contribution in [1.29, 1.82) is 5.26 Å². The average molecular weight is 265 g/mol. The predicted octanol–water partition coefficient (Wildman–Crippen LogP) is 1.37. The number of hydrogen-bond donors (Lipinski definition) is 0. The van der Waals surface area contributed by atoms with Gasteiger partial charge in [0.05, 0.1) is 0 Å². The second-order valence-electron chi connectivity index (χ2n) is 4.56. The summed E-state index contributed by atoms with van der Waals surface area (Å²) in [5, 5.41) is 8.93. The van der Waals surface area contributed by atoms with Crippen LogP contribution in [0.15, 0.2) is 23.2 Å². The van der Waals surface area contributed by atoms with Gasteiger partial charge in [0.2, 0.25) is 10.0 Å². The van der Waals surface area contributed by atoms with E-state index in [1.807, 2.05) is 13.0 Å². The molecule has 96 valence electrons. The van der Waals surface area contributed by atoms with Crippen LogP contribution in [-0.2, 0) is 10.0 Å². The molecule has 1 unspecified atom stereocenters. The van der Waals surface area contributed by atoms with Gasteiger partial charge in [-0.05, 0) is 37.8 Å². The summed E-state index contributed by atoms with van der Waals surface area (Å²) in [5.41, 5.74) is -0.0488. The molecule has 0 aromatic carbocycles. The molecule has 0 aliphatic heterocycles. The van der Waals surface area contributed by atoms with Crippen molar-refractivity contribution < 1.29 is 8.42 Å². The molecule has 0 N–H and O–H groups in total. The van der Waals surface area contributed by atoms with Gasteiger partial charge < -0.3 is 0 Å². The minimum absolute atomic E-state index is 0.0116. The predicted molar refractivity (Wildman–Crippen MR) is 66.1 cm³/mol. The zero-order valence-electron chi connectivity index (χ0n) is 10.4. The number of aromatic nitrogens is 1. The lowest BCUT2D eigenvalue weighted by atomic mass is 10.2. The molecule has 1 saturated carbocycles. The zero-order valence-corrected chi connectivity index (χ0v) is 11.2. The Morgan fingerprint density at radius 3 is 2.78 bits per heavy atom. The second kappa shape index (κ2) is 4.67. The maximum Gasteiger partial charge on any atom is 0.245 e. The summed E-state index contributed by atoms with van der Waals surface area (Å²) in [6, 6.07) is 4.74. The molecule has 0 bridgehead atoms.